The van der Waals surface area contributed by atoms with E-state index in [1.165, 1.54) is 17.7 Å². The summed E-state index contributed by atoms with van der Waals surface area (Å²) < 4.78 is 14.8. The van der Waals surface area contributed by atoms with Crippen LogP contribution >= 0.6 is 0 Å². The highest BCUT2D eigenvalue weighted by Crippen LogP contribution is 2.23. The van der Waals surface area contributed by atoms with Crippen LogP contribution in [0.2, 0.25) is 0 Å². The first-order valence-corrected chi connectivity index (χ1v) is 6.81. The molecule has 2 aromatic carbocycles. The summed E-state index contributed by atoms with van der Waals surface area (Å²) in [5.41, 5.74) is 6.17. The Hall–Kier alpha value is -2.49. The molecule has 3 nitrogen and oxygen atoms in total. The van der Waals surface area contributed by atoms with Crippen molar-refractivity contribution in [2.45, 2.75) is 20.8 Å². The molecule has 1 aromatic heterocycles. The van der Waals surface area contributed by atoms with Crippen molar-refractivity contribution in [1.29, 1.82) is 0 Å². The van der Waals surface area contributed by atoms with Gasteiger partial charge in [-0.1, -0.05) is 22.9 Å². The Labute approximate surface area is 123 Å². The number of halogens is 1. The number of hydrogen-bond donors (Lipinski definition) is 0. The van der Waals surface area contributed by atoms with Crippen molar-refractivity contribution in [2.24, 2.45) is 0 Å². The summed E-state index contributed by atoms with van der Waals surface area (Å²) in [5.74, 6) is -0.253. The van der Waals surface area contributed by atoms with Crippen LogP contribution in [-0.2, 0) is 0 Å². The molecule has 0 saturated carbocycles. The Kier molecular flexibility index (Phi) is 3.29. The zero-order valence-corrected chi connectivity index (χ0v) is 12.3. The fourth-order valence-corrected chi connectivity index (χ4v) is 2.66. The first-order valence-electron chi connectivity index (χ1n) is 6.81. The van der Waals surface area contributed by atoms with Gasteiger partial charge in [0, 0.05) is 5.56 Å². The summed E-state index contributed by atoms with van der Waals surface area (Å²) in [6.07, 6.45) is 1.87. The Balaban J connectivity index is 2.05. The van der Waals surface area contributed by atoms with Gasteiger partial charge in [-0.15, -0.1) is 5.10 Å². The van der Waals surface area contributed by atoms with Gasteiger partial charge in [-0.3, -0.25) is 0 Å². The van der Waals surface area contributed by atoms with E-state index in [-0.39, 0.29) is 5.82 Å². The molecule has 0 atom stereocenters. The summed E-state index contributed by atoms with van der Waals surface area (Å²) in [4.78, 5) is 0. The van der Waals surface area contributed by atoms with E-state index in [1.54, 1.807) is 16.8 Å². The lowest BCUT2D eigenvalue weighted by atomic mass is 10.1. The fraction of sp³-hybridized carbons (Fsp3) is 0.176. The van der Waals surface area contributed by atoms with Gasteiger partial charge in [0.05, 0.1) is 11.9 Å². The van der Waals surface area contributed by atoms with Crippen molar-refractivity contribution < 1.29 is 4.39 Å². The lowest BCUT2D eigenvalue weighted by molar-refractivity contribution is 0.628. The zero-order valence-electron chi connectivity index (χ0n) is 12.3. The molecular weight excluding hydrogens is 265 g/mol. The normalized spacial score (nSPS) is 10.9. The number of nitrogens with zero attached hydrogens (tertiary/aromatic N) is 3. The van der Waals surface area contributed by atoms with Crippen LogP contribution in [0.4, 0.5) is 4.39 Å². The molecule has 0 fully saturated rings. The first kappa shape index (κ1) is 13.5. The van der Waals surface area contributed by atoms with Crippen LogP contribution in [0.15, 0.2) is 42.6 Å². The van der Waals surface area contributed by atoms with Crippen molar-refractivity contribution in [3.63, 3.8) is 0 Å². The van der Waals surface area contributed by atoms with E-state index in [9.17, 15) is 4.39 Å². The van der Waals surface area contributed by atoms with Crippen LogP contribution in [0.1, 0.15) is 16.7 Å². The molecule has 106 valence electrons. The molecule has 0 unspecified atom stereocenters. The van der Waals surface area contributed by atoms with Gasteiger partial charge in [-0.2, -0.15) is 0 Å². The predicted molar refractivity (Wildman–Crippen MR) is 81.0 cm³/mol. The van der Waals surface area contributed by atoms with Crippen molar-refractivity contribution in [2.75, 3.05) is 0 Å². The first-order chi connectivity index (χ1) is 10.0. The monoisotopic (exact) mass is 281 g/mol. The molecule has 0 aliphatic carbocycles. The average Bonchev–Trinajstić information content (AvgIpc) is 2.87. The lowest BCUT2D eigenvalue weighted by Crippen LogP contribution is -2.01. The third kappa shape index (κ3) is 2.57. The average molecular weight is 281 g/mol. The minimum absolute atomic E-state index is 0.253. The summed E-state index contributed by atoms with van der Waals surface area (Å²) in [6, 6.07) is 10.5. The molecule has 0 bridgehead atoms. The Morgan fingerprint density at radius 2 is 1.57 bits per heavy atom. The molecule has 0 spiro atoms. The summed E-state index contributed by atoms with van der Waals surface area (Å²) >= 11 is 0. The van der Waals surface area contributed by atoms with Gasteiger partial charge in [0.25, 0.3) is 0 Å². The van der Waals surface area contributed by atoms with Gasteiger partial charge in [0.15, 0.2) is 0 Å². The van der Waals surface area contributed by atoms with Crippen molar-refractivity contribution in [3.8, 4) is 16.9 Å². The zero-order chi connectivity index (χ0) is 15.0. The van der Waals surface area contributed by atoms with E-state index in [0.29, 0.717) is 0 Å². The highest BCUT2D eigenvalue weighted by molar-refractivity contribution is 5.59. The van der Waals surface area contributed by atoms with Gasteiger partial charge >= 0.3 is 0 Å². The molecule has 0 amide bonds. The largest absolute Gasteiger partial charge is 0.220 e. The van der Waals surface area contributed by atoms with E-state index in [1.807, 2.05) is 6.20 Å². The molecule has 0 aliphatic heterocycles. The molecule has 3 rings (SSSR count). The van der Waals surface area contributed by atoms with E-state index >= 15 is 0 Å². The summed E-state index contributed by atoms with van der Waals surface area (Å²) in [7, 11) is 0. The predicted octanol–water partition coefficient (Wildman–Crippen LogP) is 4.00. The van der Waals surface area contributed by atoms with E-state index in [0.717, 1.165) is 28.1 Å². The highest BCUT2D eigenvalue weighted by atomic mass is 19.1. The van der Waals surface area contributed by atoms with Crippen molar-refractivity contribution in [1.82, 2.24) is 15.0 Å². The molecule has 1 heterocycles. The summed E-state index contributed by atoms with van der Waals surface area (Å²) in [6.45, 7) is 6.21. The smallest absolute Gasteiger partial charge is 0.123 e. The van der Waals surface area contributed by atoms with Gasteiger partial charge in [-0.05, 0) is 56.2 Å². The SMILES string of the molecule is Cc1cc(C)c(-n2cc(-c3ccc(F)cc3)nn2)c(C)c1. The maximum Gasteiger partial charge on any atom is 0.123 e. The Morgan fingerprint density at radius 1 is 0.952 bits per heavy atom. The maximum atomic E-state index is 13.0. The number of rotatable bonds is 2. The number of aromatic nitrogens is 3. The number of hydrogen-bond acceptors (Lipinski definition) is 2. The third-order valence-electron chi connectivity index (χ3n) is 3.50. The van der Waals surface area contributed by atoms with Gasteiger partial charge in [-0.25, -0.2) is 9.07 Å². The standard InChI is InChI=1S/C17H16FN3/c1-11-8-12(2)17(13(3)9-11)21-10-16(19-20-21)14-4-6-15(18)7-5-14/h4-10H,1-3H3. The maximum absolute atomic E-state index is 13.0. The minimum atomic E-state index is -0.253. The molecule has 0 N–H and O–H groups in total. The molecule has 0 saturated heterocycles. The van der Waals surface area contributed by atoms with Crippen LogP contribution in [0.25, 0.3) is 16.9 Å². The Bertz CT molecular complexity index is 765. The second-order valence-electron chi connectivity index (χ2n) is 5.30. The third-order valence-corrected chi connectivity index (χ3v) is 3.50. The minimum Gasteiger partial charge on any atom is -0.220 e. The molecule has 4 heteroatoms. The second-order valence-corrected chi connectivity index (χ2v) is 5.30. The summed E-state index contributed by atoms with van der Waals surface area (Å²) in [5, 5.41) is 8.40. The van der Waals surface area contributed by atoms with E-state index in [2.05, 4.69) is 43.2 Å². The van der Waals surface area contributed by atoms with Crippen LogP contribution in [0, 0.1) is 26.6 Å². The van der Waals surface area contributed by atoms with Gasteiger partial charge in [0.1, 0.15) is 11.5 Å². The second kappa shape index (κ2) is 5.13. The molecule has 0 aliphatic rings. The Morgan fingerprint density at radius 3 is 2.19 bits per heavy atom. The van der Waals surface area contributed by atoms with Crippen LogP contribution < -0.4 is 0 Å². The van der Waals surface area contributed by atoms with Crippen molar-refractivity contribution >= 4 is 0 Å². The molecule has 0 radical (unpaired) electrons. The lowest BCUT2D eigenvalue weighted by Gasteiger charge is -2.10. The van der Waals surface area contributed by atoms with Gasteiger partial charge in [0.2, 0.25) is 0 Å². The van der Waals surface area contributed by atoms with Crippen LogP contribution in [-0.4, -0.2) is 15.0 Å². The quantitative estimate of drug-likeness (QED) is 0.711. The van der Waals surface area contributed by atoms with Gasteiger partial charge < -0.3 is 0 Å². The molecule has 21 heavy (non-hydrogen) atoms. The molecule has 3 aromatic rings. The van der Waals surface area contributed by atoms with Crippen LogP contribution in [0.5, 0.6) is 0 Å². The van der Waals surface area contributed by atoms with Crippen LogP contribution in [0.3, 0.4) is 0 Å². The fourth-order valence-electron chi connectivity index (χ4n) is 2.66. The molecular formula is C17H16FN3. The van der Waals surface area contributed by atoms with E-state index in [4.69, 9.17) is 0 Å². The highest BCUT2D eigenvalue weighted by Gasteiger charge is 2.10. The van der Waals surface area contributed by atoms with Crippen molar-refractivity contribution in [3.05, 3.63) is 65.1 Å². The number of aryl methyl sites for hydroxylation is 3. The number of benzene rings is 2. The van der Waals surface area contributed by atoms with E-state index < -0.39 is 0 Å². The topological polar surface area (TPSA) is 30.7 Å².